The zero-order chi connectivity index (χ0) is 15.5. The second-order valence-corrected chi connectivity index (χ2v) is 5.50. The Hall–Kier alpha value is -2.43. The highest BCUT2D eigenvalue weighted by molar-refractivity contribution is 6.32. The van der Waals surface area contributed by atoms with Gasteiger partial charge in [-0.15, -0.1) is 0 Å². The molecule has 1 aromatic heterocycles. The number of aromatic nitrogens is 1. The fourth-order valence-corrected chi connectivity index (χ4v) is 3.44. The van der Waals surface area contributed by atoms with Crippen LogP contribution in [0.5, 0.6) is 0 Å². The van der Waals surface area contributed by atoms with E-state index in [0.717, 1.165) is 5.56 Å². The number of benzene rings is 1. The van der Waals surface area contributed by atoms with E-state index in [0.29, 0.717) is 5.56 Å². The molecule has 2 aliphatic rings. The van der Waals surface area contributed by atoms with E-state index in [2.05, 4.69) is 4.98 Å². The highest BCUT2D eigenvalue weighted by Gasteiger charge is 2.50. The first kappa shape index (κ1) is 13.2. The van der Waals surface area contributed by atoms with Crippen molar-refractivity contribution < 1.29 is 18.0 Å². The highest BCUT2D eigenvalue weighted by atomic mass is 19.4. The van der Waals surface area contributed by atoms with Gasteiger partial charge in [-0.05, 0) is 34.8 Å². The van der Waals surface area contributed by atoms with Gasteiger partial charge in [-0.1, -0.05) is 24.3 Å². The zero-order valence-electron chi connectivity index (χ0n) is 11.3. The van der Waals surface area contributed by atoms with E-state index in [4.69, 9.17) is 0 Å². The summed E-state index contributed by atoms with van der Waals surface area (Å²) in [6.45, 7) is 0. The van der Waals surface area contributed by atoms with Crippen molar-refractivity contribution in [2.24, 2.45) is 0 Å². The smallest absolute Gasteiger partial charge is 0.289 e. The van der Waals surface area contributed by atoms with Crippen LogP contribution in [0.1, 0.15) is 33.0 Å². The molecule has 1 heterocycles. The molecule has 0 N–H and O–H groups in total. The molecule has 2 aliphatic carbocycles. The van der Waals surface area contributed by atoms with Crippen molar-refractivity contribution in [1.82, 2.24) is 4.98 Å². The van der Waals surface area contributed by atoms with Gasteiger partial charge >= 0.3 is 6.18 Å². The molecule has 110 valence electrons. The Balaban J connectivity index is 2.01. The van der Waals surface area contributed by atoms with Crippen molar-refractivity contribution >= 4 is 11.4 Å². The number of fused-ring (bicyclic) bond motifs is 3. The monoisotopic (exact) mass is 301 g/mol. The normalized spacial score (nSPS) is 19.8. The van der Waals surface area contributed by atoms with Crippen LogP contribution in [-0.2, 0) is 6.42 Å². The summed E-state index contributed by atoms with van der Waals surface area (Å²) < 4.78 is 40.9. The van der Waals surface area contributed by atoms with Gasteiger partial charge in [-0.25, -0.2) is 0 Å². The largest absolute Gasteiger partial charge is 0.399 e. The van der Waals surface area contributed by atoms with E-state index in [1.54, 1.807) is 24.3 Å². The topological polar surface area (TPSA) is 30.0 Å². The van der Waals surface area contributed by atoms with E-state index in [1.165, 1.54) is 18.5 Å². The van der Waals surface area contributed by atoms with Gasteiger partial charge in [0.1, 0.15) is 5.92 Å². The molecule has 0 spiro atoms. The minimum atomic E-state index is -4.43. The van der Waals surface area contributed by atoms with E-state index in [1.807, 2.05) is 0 Å². The predicted octanol–water partition coefficient (Wildman–Crippen LogP) is 3.93. The standard InChI is InChI=1S/C17H10F3NO/c18-17(19,20)15-11-5-6-21-8-13(11)16(22)14-10-4-2-1-3-9(10)7-12(14)15/h1-6,8,15H,7H2. The van der Waals surface area contributed by atoms with Gasteiger partial charge in [-0.2, -0.15) is 13.2 Å². The zero-order valence-corrected chi connectivity index (χ0v) is 11.3. The average molecular weight is 301 g/mol. The third-order valence-corrected chi connectivity index (χ3v) is 4.30. The van der Waals surface area contributed by atoms with Gasteiger partial charge in [0.25, 0.3) is 0 Å². The lowest BCUT2D eigenvalue weighted by Gasteiger charge is -2.28. The molecule has 0 saturated heterocycles. The lowest BCUT2D eigenvalue weighted by atomic mass is 9.78. The second-order valence-electron chi connectivity index (χ2n) is 5.50. The minimum Gasteiger partial charge on any atom is -0.289 e. The molecule has 0 saturated carbocycles. The summed E-state index contributed by atoms with van der Waals surface area (Å²) in [5.41, 5.74) is 1.83. The third-order valence-electron chi connectivity index (χ3n) is 4.30. The quantitative estimate of drug-likeness (QED) is 0.738. The maximum atomic E-state index is 13.6. The first-order valence-electron chi connectivity index (χ1n) is 6.85. The number of carbonyl (C=O) groups excluding carboxylic acids is 1. The van der Waals surface area contributed by atoms with Crippen molar-refractivity contribution in [2.45, 2.75) is 18.5 Å². The molecule has 0 bridgehead atoms. The van der Waals surface area contributed by atoms with Crippen LogP contribution in [0.15, 0.2) is 48.3 Å². The molecule has 0 fully saturated rings. The van der Waals surface area contributed by atoms with Crippen LogP contribution in [0.3, 0.4) is 0 Å². The van der Waals surface area contributed by atoms with Crippen LogP contribution in [0.2, 0.25) is 0 Å². The number of carbonyl (C=O) groups is 1. The number of ketones is 1. The highest BCUT2D eigenvalue weighted by Crippen LogP contribution is 2.52. The number of nitrogens with zero attached hydrogens (tertiary/aromatic N) is 1. The summed E-state index contributed by atoms with van der Waals surface area (Å²) in [6, 6.07) is 8.31. The summed E-state index contributed by atoms with van der Waals surface area (Å²) in [5, 5.41) is 0. The van der Waals surface area contributed by atoms with Crippen LogP contribution in [0.4, 0.5) is 13.2 Å². The maximum absolute atomic E-state index is 13.6. The van der Waals surface area contributed by atoms with Crippen molar-refractivity contribution in [1.29, 1.82) is 0 Å². The molecule has 2 nitrogen and oxygen atoms in total. The Bertz CT molecular complexity index is 836. The van der Waals surface area contributed by atoms with Gasteiger partial charge < -0.3 is 0 Å². The maximum Gasteiger partial charge on any atom is 0.399 e. The number of hydrogen-bond donors (Lipinski definition) is 0. The van der Waals surface area contributed by atoms with Crippen molar-refractivity contribution in [2.75, 3.05) is 0 Å². The molecule has 0 radical (unpaired) electrons. The van der Waals surface area contributed by atoms with Gasteiger partial charge in [0.05, 0.1) is 0 Å². The first-order valence-corrected chi connectivity index (χ1v) is 6.85. The lowest BCUT2D eigenvalue weighted by Crippen LogP contribution is -2.29. The third kappa shape index (κ3) is 1.68. The fraction of sp³-hybridized carbons (Fsp3) is 0.176. The SMILES string of the molecule is O=C1C2=C(Cc3ccccc32)C(C(F)(F)F)c2ccncc21. The van der Waals surface area contributed by atoms with Gasteiger partial charge in [-0.3, -0.25) is 9.78 Å². The van der Waals surface area contributed by atoms with Gasteiger partial charge in [0, 0.05) is 23.5 Å². The minimum absolute atomic E-state index is 0.0130. The molecule has 1 atom stereocenters. The molecule has 22 heavy (non-hydrogen) atoms. The number of Topliss-reactive ketones (excluding diaryl/α,β-unsaturated/α-hetero) is 1. The van der Waals surface area contributed by atoms with Crippen LogP contribution in [-0.4, -0.2) is 16.9 Å². The Morgan fingerprint density at radius 2 is 1.86 bits per heavy atom. The van der Waals surface area contributed by atoms with E-state index < -0.39 is 12.1 Å². The summed E-state index contributed by atoms with van der Waals surface area (Å²) in [7, 11) is 0. The number of pyridine rings is 1. The second kappa shape index (κ2) is 4.29. The summed E-state index contributed by atoms with van der Waals surface area (Å²) in [5.74, 6) is -2.09. The molecule has 0 aliphatic heterocycles. The average Bonchev–Trinajstić information content (AvgIpc) is 2.85. The molecule has 5 heteroatoms. The van der Waals surface area contributed by atoms with E-state index in [-0.39, 0.29) is 34.5 Å². The molecule has 0 amide bonds. The number of hydrogen-bond acceptors (Lipinski definition) is 2. The predicted molar refractivity (Wildman–Crippen MR) is 74.4 cm³/mol. The van der Waals surface area contributed by atoms with Crippen LogP contribution < -0.4 is 0 Å². The van der Waals surface area contributed by atoms with Crippen LogP contribution in [0.25, 0.3) is 5.57 Å². The number of halogens is 3. The van der Waals surface area contributed by atoms with Gasteiger partial charge in [0.15, 0.2) is 5.78 Å². The summed E-state index contributed by atoms with van der Waals surface area (Å²) in [6.07, 6.45) is -1.72. The van der Waals surface area contributed by atoms with Crippen molar-refractivity contribution in [3.63, 3.8) is 0 Å². The molecule has 4 rings (SSSR count). The van der Waals surface area contributed by atoms with E-state index >= 15 is 0 Å². The fourth-order valence-electron chi connectivity index (χ4n) is 3.44. The molecular weight excluding hydrogens is 291 g/mol. The Kier molecular flexibility index (Phi) is 2.58. The van der Waals surface area contributed by atoms with Crippen molar-refractivity contribution in [3.05, 3.63) is 70.6 Å². The van der Waals surface area contributed by atoms with Crippen LogP contribution >= 0.6 is 0 Å². The summed E-state index contributed by atoms with van der Waals surface area (Å²) >= 11 is 0. The number of allylic oxidation sites excluding steroid dienone is 2. The summed E-state index contributed by atoms with van der Waals surface area (Å²) in [4.78, 5) is 16.5. The lowest BCUT2D eigenvalue weighted by molar-refractivity contribution is -0.142. The molecular formula is C17H10F3NO. The number of alkyl halides is 3. The van der Waals surface area contributed by atoms with Crippen LogP contribution in [0, 0.1) is 0 Å². The first-order chi connectivity index (χ1) is 10.5. The molecule has 1 aromatic carbocycles. The number of rotatable bonds is 0. The van der Waals surface area contributed by atoms with Crippen molar-refractivity contribution in [3.8, 4) is 0 Å². The van der Waals surface area contributed by atoms with E-state index in [9.17, 15) is 18.0 Å². The Morgan fingerprint density at radius 1 is 1.09 bits per heavy atom. The Morgan fingerprint density at radius 3 is 2.64 bits per heavy atom. The Labute approximate surface area is 124 Å². The molecule has 1 unspecified atom stereocenters. The van der Waals surface area contributed by atoms with Gasteiger partial charge in [0.2, 0.25) is 0 Å². The molecule has 2 aromatic rings.